The number of thiophene rings is 1. The van der Waals surface area contributed by atoms with Crippen molar-refractivity contribution in [3.63, 3.8) is 0 Å². The zero-order valence-corrected chi connectivity index (χ0v) is 17.1. The predicted molar refractivity (Wildman–Crippen MR) is 122 cm³/mol. The van der Waals surface area contributed by atoms with E-state index in [1.165, 1.54) is 15.8 Å². The minimum atomic E-state index is 0.215. The van der Waals surface area contributed by atoms with Crippen LogP contribution >= 0.6 is 23.6 Å². The van der Waals surface area contributed by atoms with Crippen molar-refractivity contribution in [3.05, 3.63) is 82.7 Å². The first kappa shape index (κ1) is 18.5. The Balaban J connectivity index is 1.49. The summed E-state index contributed by atoms with van der Waals surface area (Å²) in [5.41, 5.74) is 3.36. The average Bonchev–Trinajstić information content (AvgIpc) is 3.40. The van der Waals surface area contributed by atoms with Gasteiger partial charge in [-0.3, -0.25) is 0 Å². The summed E-state index contributed by atoms with van der Waals surface area (Å²) in [6.45, 7) is 0.713. The Morgan fingerprint density at radius 3 is 2.68 bits per heavy atom. The van der Waals surface area contributed by atoms with E-state index in [2.05, 4.69) is 63.6 Å². The first-order chi connectivity index (χ1) is 13.7. The van der Waals surface area contributed by atoms with Gasteiger partial charge in [0.25, 0.3) is 0 Å². The summed E-state index contributed by atoms with van der Waals surface area (Å²) in [5.74, 6) is 1.04. The molecule has 2 heterocycles. The lowest BCUT2D eigenvalue weighted by Gasteiger charge is -2.18. The lowest BCUT2D eigenvalue weighted by molar-refractivity contribution is 0.415. The number of rotatable bonds is 6. The van der Waals surface area contributed by atoms with E-state index in [1.54, 1.807) is 18.4 Å². The molecule has 0 bridgehead atoms. The molecule has 4 nitrogen and oxygen atoms in total. The first-order valence-corrected chi connectivity index (χ1v) is 10.3. The Labute approximate surface area is 173 Å². The topological polar surface area (TPSA) is 49.1 Å². The van der Waals surface area contributed by atoms with Crippen LogP contribution in [-0.2, 0) is 0 Å². The molecular formula is C22H21N3OS2. The molecular weight excluding hydrogens is 386 g/mol. The average molecular weight is 408 g/mol. The summed E-state index contributed by atoms with van der Waals surface area (Å²) in [6.07, 6.45) is 2.11. The van der Waals surface area contributed by atoms with Gasteiger partial charge < -0.3 is 20.4 Å². The van der Waals surface area contributed by atoms with E-state index in [9.17, 15) is 0 Å². The third-order valence-corrected chi connectivity index (χ3v) is 5.93. The van der Waals surface area contributed by atoms with Gasteiger partial charge in [-0.15, -0.1) is 11.3 Å². The molecule has 0 unspecified atom stereocenters. The van der Waals surface area contributed by atoms with Crippen LogP contribution in [0.3, 0.4) is 0 Å². The molecule has 0 aliphatic carbocycles. The zero-order valence-electron chi connectivity index (χ0n) is 15.4. The van der Waals surface area contributed by atoms with Gasteiger partial charge in [0, 0.05) is 40.1 Å². The molecule has 1 atom stereocenters. The van der Waals surface area contributed by atoms with Gasteiger partial charge in [0.2, 0.25) is 0 Å². The molecule has 0 saturated heterocycles. The highest BCUT2D eigenvalue weighted by Gasteiger charge is 2.19. The molecule has 0 fully saturated rings. The van der Waals surface area contributed by atoms with E-state index in [-0.39, 0.29) is 5.92 Å². The normalized spacial score (nSPS) is 11.9. The largest absolute Gasteiger partial charge is 0.497 e. The molecule has 0 amide bonds. The number of hydrogen-bond acceptors (Lipinski definition) is 3. The number of H-pyrrole nitrogens is 1. The summed E-state index contributed by atoms with van der Waals surface area (Å²) >= 11 is 7.28. The Bertz CT molecular complexity index is 1060. The van der Waals surface area contributed by atoms with E-state index in [0.717, 1.165) is 17.0 Å². The number of hydrogen-bond donors (Lipinski definition) is 3. The quantitative estimate of drug-likeness (QED) is 0.377. The molecule has 0 aliphatic heterocycles. The van der Waals surface area contributed by atoms with Crippen molar-refractivity contribution in [3.8, 4) is 5.75 Å². The molecule has 4 rings (SSSR count). The van der Waals surface area contributed by atoms with Gasteiger partial charge in [-0.05, 0) is 59.6 Å². The van der Waals surface area contributed by atoms with Crippen molar-refractivity contribution in [1.29, 1.82) is 0 Å². The van der Waals surface area contributed by atoms with Gasteiger partial charge in [-0.2, -0.15) is 0 Å². The third-order valence-electron chi connectivity index (χ3n) is 4.70. The Morgan fingerprint density at radius 1 is 1.11 bits per heavy atom. The highest BCUT2D eigenvalue weighted by molar-refractivity contribution is 7.80. The van der Waals surface area contributed by atoms with Gasteiger partial charge >= 0.3 is 0 Å². The monoisotopic (exact) mass is 407 g/mol. The number of ether oxygens (including phenoxy) is 1. The van der Waals surface area contributed by atoms with Crippen molar-refractivity contribution in [1.82, 2.24) is 10.3 Å². The maximum atomic E-state index is 5.51. The fraction of sp³-hybridized carbons (Fsp3) is 0.136. The molecule has 2 aromatic carbocycles. The molecule has 3 N–H and O–H groups in total. The minimum Gasteiger partial charge on any atom is -0.497 e. The second kappa shape index (κ2) is 8.46. The Kier molecular flexibility index (Phi) is 5.60. The number of aromatic nitrogens is 1. The van der Waals surface area contributed by atoms with Crippen molar-refractivity contribution in [2.24, 2.45) is 0 Å². The minimum absolute atomic E-state index is 0.215. The Hall–Kier alpha value is -2.83. The smallest absolute Gasteiger partial charge is 0.170 e. The molecule has 0 saturated carbocycles. The Morgan fingerprint density at radius 2 is 1.93 bits per heavy atom. The summed E-state index contributed by atoms with van der Waals surface area (Å²) in [5, 5.41) is 10.6. The summed E-state index contributed by atoms with van der Waals surface area (Å²) in [7, 11) is 1.66. The molecule has 6 heteroatoms. The number of para-hydroxylation sites is 1. The van der Waals surface area contributed by atoms with Crippen molar-refractivity contribution < 1.29 is 4.74 Å². The molecule has 28 heavy (non-hydrogen) atoms. The molecule has 2 aromatic heterocycles. The van der Waals surface area contributed by atoms with E-state index in [4.69, 9.17) is 17.0 Å². The van der Waals surface area contributed by atoms with E-state index >= 15 is 0 Å². The van der Waals surface area contributed by atoms with E-state index in [0.29, 0.717) is 11.7 Å². The molecule has 0 aliphatic rings. The van der Waals surface area contributed by atoms with Crippen LogP contribution in [0.25, 0.3) is 10.9 Å². The van der Waals surface area contributed by atoms with Crippen LogP contribution in [0.5, 0.6) is 5.75 Å². The van der Waals surface area contributed by atoms with Gasteiger partial charge in [-0.25, -0.2) is 0 Å². The van der Waals surface area contributed by atoms with Gasteiger partial charge in [-0.1, -0.05) is 24.3 Å². The first-order valence-electron chi connectivity index (χ1n) is 9.03. The number of fused-ring (bicyclic) bond motifs is 1. The summed E-state index contributed by atoms with van der Waals surface area (Å²) < 4.78 is 5.19. The van der Waals surface area contributed by atoms with Crippen molar-refractivity contribution in [2.75, 3.05) is 19.0 Å². The maximum Gasteiger partial charge on any atom is 0.170 e. The third kappa shape index (κ3) is 4.03. The van der Waals surface area contributed by atoms with Gasteiger partial charge in [0.05, 0.1) is 7.11 Å². The number of nitrogens with one attached hydrogen (secondary N) is 3. The van der Waals surface area contributed by atoms with Crippen LogP contribution < -0.4 is 15.4 Å². The highest BCUT2D eigenvalue weighted by Crippen LogP contribution is 2.32. The van der Waals surface area contributed by atoms with Crippen LogP contribution in [0.2, 0.25) is 0 Å². The van der Waals surface area contributed by atoms with Crippen LogP contribution in [0.4, 0.5) is 5.69 Å². The van der Waals surface area contributed by atoms with Crippen LogP contribution in [0, 0.1) is 0 Å². The van der Waals surface area contributed by atoms with Crippen LogP contribution in [-0.4, -0.2) is 23.8 Å². The summed E-state index contributed by atoms with van der Waals surface area (Å²) in [6, 6.07) is 20.4. The van der Waals surface area contributed by atoms with Crippen molar-refractivity contribution in [2.45, 2.75) is 5.92 Å². The maximum absolute atomic E-state index is 5.51. The number of benzene rings is 2. The standard InChI is InChI=1S/C22H21N3OS2/c1-26-16-10-8-15(9-11-16)25-22(27)24-14-19(21-7-4-12-28-21)18-13-23-20-6-3-2-5-17(18)20/h2-13,19,23H,14H2,1H3,(H2,24,25,27)/t19-/m0/s1. The number of aromatic amines is 1. The van der Waals surface area contributed by atoms with Gasteiger partial charge in [0.15, 0.2) is 5.11 Å². The second-order valence-electron chi connectivity index (χ2n) is 6.42. The van der Waals surface area contributed by atoms with Crippen molar-refractivity contribution >= 4 is 45.3 Å². The SMILES string of the molecule is COc1ccc(NC(=S)NC[C@H](c2cccs2)c2c[nH]c3ccccc23)cc1. The predicted octanol–water partition coefficient (Wildman–Crippen LogP) is 5.36. The highest BCUT2D eigenvalue weighted by atomic mass is 32.1. The zero-order chi connectivity index (χ0) is 19.3. The molecule has 142 valence electrons. The van der Waals surface area contributed by atoms with E-state index in [1.807, 2.05) is 24.3 Å². The molecule has 0 spiro atoms. The molecule has 0 radical (unpaired) electrons. The lowest BCUT2D eigenvalue weighted by Crippen LogP contribution is -2.32. The van der Waals surface area contributed by atoms with Crippen LogP contribution in [0.1, 0.15) is 16.4 Å². The summed E-state index contributed by atoms with van der Waals surface area (Å²) in [4.78, 5) is 4.70. The fourth-order valence-corrected chi connectivity index (χ4v) is 4.33. The fourth-order valence-electron chi connectivity index (χ4n) is 3.28. The number of anilines is 1. The van der Waals surface area contributed by atoms with Gasteiger partial charge in [0.1, 0.15) is 5.75 Å². The second-order valence-corrected chi connectivity index (χ2v) is 7.81. The van der Waals surface area contributed by atoms with E-state index < -0.39 is 0 Å². The molecule has 4 aromatic rings. The lowest BCUT2D eigenvalue weighted by atomic mass is 9.97. The number of methoxy groups -OCH3 is 1. The van der Waals surface area contributed by atoms with Crippen LogP contribution in [0.15, 0.2) is 72.2 Å². The number of thiocarbonyl (C=S) groups is 1.